The maximum Gasteiger partial charge on any atom is 0.169 e. The molecule has 1 aromatic carbocycles. The van der Waals surface area contributed by atoms with E-state index in [1.807, 2.05) is 18.2 Å². The number of ketones is 1. The van der Waals surface area contributed by atoms with Gasteiger partial charge in [-0.05, 0) is 45.7 Å². The molecule has 1 saturated heterocycles. The van der Waals surface area contributed by atoms with Crippen molar-refractivity contribution in [3.05, 3.63) is 40.9 Å². The molecule has 1 aliphatic carbocycles. The van der Waals surface area contributed by atoms with Gasteiger partial charge in [0, 0.05) is 27.9 Å². The van der Waals surface area contributed by atoms with Gasteiger partial charge in [0.15, 0.2) is 12.1 Å². The maximum absolute atomic E-state index is 11.4. The summed E-state index contributed by atoms with van der Waals surface area (Å²) in [5.74, 6) is 0.789. The second-order valence-corrected chi connectivity index (χ2v) is 9.02. The molecule has 28 heavy (non-hydrogen) atoms. The number of hydrogen-bond acceptors (Lipinski definition) is 5. The number of carbonyl (C=O) groups is 2. The molecular formula is C22H27ClN2O2S. The van der Waals surface area contributed by atoms with Crippen LogP contribution in [0.3, 0.4) is 0 Å². The first-order valence-electron chi connectivity index (χ1n) is 9.86. The Morgan fingerprint density at radius 3 is 2.68 bits per heavy atom. The first-order chi connectivity index (χ1) is 13.5. The number of fused-ring (bicyclic) bond motifs is 1. The zero-order valence-corrected chi connectivity index (χ0v) is 18.0. The fourth-order valence-corrected chi connectivity index (χ4v) is 5.45. The van der Waals surface area contributed by atoms with Gasteiger partial charge in [0.2, 0.25) is 0 Å². The number of halogens is 1. The van der Waals surface area contributed by atoms with Crippen LogP contribution in [0, 0.1) is 5.92 Å². The molecule has 2 aromatic rings. The summed E-state index contributed by atoms with van der Waals surface area (Å²) < 4.78 is 0. The lowest BCUT2D eigenvalue weighted by molar-refractivity contribution is 0.0874. The molecule has 0 spiro atoms. The van der Waals surface area contributed by atoms with Crippen LogP contribution in [0.5, 0.6) is 0 Å². The minimum absolute atomic E-state index is 0.00143. The molecule has 3 atom stereocenters. The molecule has 4 nitrogen and oxygen atoms in total. The third-order valence-electron chi connectivity index (χ3n) is 5.75. The van der Waals surface area contributed by atoms with Crippen LogP contribution in [0.4, 0.5) is 0 Å². The third-order valence-corrected chi connectivity index (χ3v) is 7.19. The summed E-state index contributed by atoms with van der Waals surface area (Å²) in [6, 6.07) is 8.07. The molecule has 0 amide bonds. The summed E-state index contributed by atoms with van der Waals surface area (Å²) >= 11 is 7.69. The lowest BCUT2D eigenvalue weighted by atomic mass is 9.78. The third kappa shape index (κ3) is 4.88. The Morgan fingerprint density at radius 2 is 2.00 bits per heavy atom. The highest BCUT2D eigenvalue weighted by molar-refractivity contribution is 7.13. The Labute approximate surface area is 175 Å². The van der Waals surface area contributed by atoms with E-state index in [2.05, 4.69) is 16.9 Å². The molecule has 1 aromatic heterocycles. The zero-order chi connectivity index (χ0) is 20.1. The molecule has 4 rings (SSSR count). The molecule has 0 bridgehead atoms. The Morgan fingerprint density at radius 1 is 1.25 bits per heavy atom. The second-order valence-electron chi connectivity index (χ2n) is 7.60. The Kier molecular flexibility index (Phi) is 7.38. The van der Waals surface area contributed by atoms with Gasteiger partial charge in [-0.2, -0.15) is 0 Å². The average Bonchev–Trinajstić information content (AvgIpc) is 3.21. The first kappa shape index (κ1) is 21.2. The van der Waals surface area contributed by atoms with Gasteiger partial charge in [0.25, 0.3) is 0 Å². The lowest BCUT2D eigenvalue weighted by Gasteiger charge is -2.44. The molecule has 1 aliphatic heterocycles. The van der Waals surface area contributed by atoms with E-state index in [9.17, 15) is 9.59 Å². The van der Waals surface area contributed by atoms with E-state index in [4.69, 9.17) is 11.6 Å². The smallest absolute Gasteiger partial charge is 0.169 e. The number of aromatic nitrogens is 1. The number of rotatable bonds is 3. The molecule has 0 N–H and O–H groups in total. The highest BCUT2D eigenvalue weighted by atomic mass is 35.5. The van der Waals surface area contributed by atoms with Gasteiger partial charge in [0.05, 0.1) is 0 Å². The lowest BCUT2D eigenvalue weighted by Crippen LogP contribution is -2.49. The number of benzene rings is 1. The summed E-state index contributed by atoms with van der Waals surface area (Å²) in [7, 11) is 2.26. The largest absolute Gasteiger partial charge is 0.303 e. The molecule has 2 heterocycles. The van der Waals surface area contributed by atoms with E-state index < -0.39 is 0 Å². The van der Waals surface area contributed by atoms with E-state index in [1.165, 1.54) is 56.9 Å². The molecule has 6 heteroatoms. The van der Waals surface area contributed by atoms with E-state index in [-0.39, 0.29) is 5.78 Å². The van der Waals surface area contributed by atoms with E-state index >= 15 is 0 Å². The van der Waals surface area contributed by atoms with Gasteiger partial charge in [-0.3, -0.25) is 9.59 Å². The summed E-state index contributed by atoms with van der Waals surface area (Å²) in [4.78, 5) is 28.6. The van der Waals surface area contributed by atoms with Crippen LogP contribution < -0.4 is 0 Å². The minimum Gasteiger partial charge on any atom is -0.303 e. The van der Waals surface area contributed by atoms with Crippen molar-refractivity contribution in [2.24, 2.45) is 5.92 Å². The zero-order valence-electron chi connectivity index (χ0n) is 16.4. The molecule has 3 unspecified atom stereocenters. The number of aldehydes is 1. The van der Waals surface area contributed by atoms with Gasteiger partial charge in [0.1, 0.15) is 10.7 Å². The predicted molar refractivity (Wildman–Crippen MR) is 116 cm³/mol. The highest BCUT2D eigenvalue weighted by Gasteiger charge is 2.36. The summed E-state index contributed by atoms with van der Waals surface area (Å²) in [5, 5.41) is 2.85. The molecule has 0 radical (unpaired) electrons. The van der Waals surface area contributed by atoms with Gasteiger partial charge in [-0.1, -0.05) is 37.1 Å². The number of thiazole rings is 1. The van der Waals surface area contributed by atoms with Crippen molar-refractivity contribution in [3.63, 3.8) is 0 Å². The molecule has 2 fully saturated rings. The van der Waals surface area contributed by atoms with Gasteiger partial charge in [-0.15, -0.1) is 22.9 Å². The quantitative estimate of drug-likeness (QED) is 0.385. The fraction of sp³-hybridized carbons (Fsp3) is 0.500. The minimum atomic E-state index is -0.00143. The Hall–Kier alpha value is -1.56. The Balaban J connectivity index is 0.000000167. The topological polar surface area (TPSA) is 50.3 Å². The number of alkyl halides is 1. The van der Waals surface area contributed by atoms with Gasteiger partial charge in [-0.25, -0.2) is 4.98 Å². The van der Waals surface area contributed by atoms with Crippen molar-refractivity contribution in [2.45, 2.75) is 50.4 Å². The molecule has 150 valence electrons. The monoisotopic (exact) mass is 418 g/mol. The SMILES string of the molecule is CC(=O)c1ccccc1-c1nc(C=O)cs1.CN1CCC(Cl)C2CCCCC21. The van der Waals surface area contributed by atoms with Gasteiger partial charge < -0.3 is 4.90 Å². The number of carbonyl (C=O) groups excluding carboxylic acids is 2. The number of likely N-dealkylation sites (tertiary alicyclic amines) is 1. The molecule has 2 aliphatic rings. The van der Waals surface area contributed by atoms with Crippen LogP contribution in [-0.2, 0) is 0 Å². The molecular weight excluding hydrogens is 392 g/mol. The van der Waals surface area contributed by atoms with Crippen LogP contribution in [0.15, 0.2) is 29.6 Å². The van der Waals surface area contributed by atoms with E-state index in [1.54, 1.807) is 11.4 Å². The van der Waals surface area contributed by atoms with Crippen molar-refractivity contribution in [3.8, 4) is 10.6 Å². The number of piperidine rings is 1. The van der Waals surface area contributed by atoms with Crippen molar-refractivity contribution >= 4 is 35.0 Å². The summed E-state index contributed by atoms with van der Waals surface area (Å²) in [6.07, 6.45) is 7.45. The normalized spacial score (nSPS) is 24.6. The van der Waals surface area contributed by atoms with Gasteiger partial charge >= 0.3 is 0 Å². The van der Waals surface area contributed by atoms with Crippen LogP contribution in [0.2, 0.25) is 0 Å². The average molecular weight is 419 g/mol. The maximum atomic E-state index is 11.4. The van der Waals surface area contributed by atoms with Crippen LogP contribution in [0.25, 0.3) is 10.6 Å². The molecule has 1 saturated carbocycles. The number of nitrogens with zero attached hydrogens (tertiary/aromatic N) is 2. The second kappa shape index (κ2) is 9.77. The summed E-state index contributed by atoms with van der Waals surface area (Å²) in [5.41, 5.74) is 1.82. The first-order valence-corrected chi connectivity index (χ1v) is 11.2. The van der Waals surface area contributed by atoms with E-state index in [0.717, 1.165) is 17.5 Å². The van der Waals surface area contributed by atoms with Crippen LogP contribution in [-0.4, -0.2) is 47.0 Å². The standard InChI is InChI=1S/C12H9NO2S.C10H18ClN/c1-8(15)10-4-2-3-5-11(10)12-13-9(6-14)7-16-12;1-12-7-6-9(11)8-4-2-3-5-10(8)12/h2-7H,1H3;8-10H,2-7H2,1H3. The summed E-state index contributed by atoms with van der Waals surface area (Å²) in [6.45, 7) is 2.72. The van der Waals surface area contributed by atoms with Crippen molar-refractivity contribution in [2.75, 3.05) is 13.6 Å². The van der Waals surface area contributed by atoms with Crippen molar-refractivity contribution < 1.29 is 9.59 Å². The van der Waals surface area contributed by atoms with Crippen molar-refractivity contribution in [1.29, 1.82) is 0 Å². The van der Waals surface area contributed by atoms with Crippen LogP contribution in [0.1, 0.15) is 59.9 Å². The predicted octanol–water partition coefficient (Wildman–Crippen LogP) is 5.31. The Bertz CT molecular complexity index is 804. The fourth-order valence-electron chi connectivity index (χ4n) is 4.26. The van der Waals surface area contributed by atoms with Crippen LogP contribution >= 0.6 is 22.9 Å². The number of Topliss-reactive ketones (excluding diaryl/α,β-unsaturated/α-hetero) is 1. The highest BCUT2D eigenvalue weighted by Crippen LogP contribution is 2.37. The number of hydrogen-bond donors (Lipinski definition) is 0. The van der Waals surface area contributed by atoms with E-state index in [0.29, 0.717) is 27.9 Å². The van der Waals surface area contributed by atoms with Crippen molar-refractivity contribution in [1.82, 2.24) is 9.88 Å².